The Hall–Kier alpha value is -2.77. The Bertz CT molecular complexity index is 986. The van der Waals surface area contributed by atoms with Crippen LogP contribution in [0.3, 0.4) is 0 Å². The monoisotopic (exact) mass is 368 g/mol. The highest BCUT2D eigenvalue weighted by Crippen LogP contribution is 2.11. The molecule has 3 aromatic carbocycles. The molecule has 0 saturated carbocycles. The molecule has 0 N–H and O–H groups in total. The second-order valence-electron chi connectivity index (χ2n) is 5.53. The van der Waals surface area contributed by atoms with E-state index in [1.807, 2.05) is 0 Å². The molecule has 0 nitrogen and oxygen atoms in total. The van der Waals surface area contributed by atoms with Crippen LogP contribution in [0.15, 0.2) is 48.5 Å². The van der Waals surface area contributed by atoms with Gasteiger partial charge in [-0.2, -0.15) is 0 Å². The molecule has 0 bridgehead atoms. The van der Waals surface area contributed by atoms with Crippen LogP contribution >= 0.6 is 0 Å². The zero-order valence-electron chi connectivity index (χ0n) is 12.8. The van der Waals surface area contributed by atoms with E-state index in [9.17, 15) is 30.7 Å². The van der Waals surface area contributed by atoms with Crippen LogP contribution < -0.4 is 16.4 Å². The summed E-state index contributed by atoms with van der Waals surface area (Å²) in [6.07, 6.45) is 0. The zero-order chi connectivity index (χ0) is 19.0. The van der Waals surface area contributed by atoms with Gasteiger partial charge in [-0.3, -0.25) is 0 Å². The lowest BCUT2D eigenvalue weighted by Crippen LogP contribution is -2.56. The van der Waals surface area contributed by atoms with Crippen molar-refractivity contribution in [1.29, 1.82) is 0 Å². The summed E-state index contributed by atoms with van der Waals surface area (Å²) in [5.74, 6) is -9.21. The largest absolute Gasteiger partial charge is 0.253 e. The van der Waals surface area contributed by atoms with Crippen molar-refractivity contribution in [2.24, 2.45) is 0 Å². The van der Waals surface area contributed by atoms with Gasteiger partial charge in [0.05, 0.1) is 0 Å². The first-order valence-electron chi connectivity index (χ1n) is 7.33. The maximum atomic E-state index is 14.3. The van der Waals surface area contributed by atoms with Gasteiger partial charge in [-0.1, -0.05) is 12.1 Å². The molecule has 0 unspecified atom stereocenters. The highest BCUT2D eigenvalue weighted by molar-refractivity contribution is 6.95. The average Bonchev–Trinajstić information content (AvgIpc) is 2.59. The Morgan fingerprint density at radius 1 is 0.500 bits per heavy atom. The molecule has 8 heteroatoms. The fraction of sp³-hybridized carbons (Fsp3) is 0. The van der Waals surface area contributed by atoms with E-state index in [1.165, 1.54) is 0 Å². The maximum Gasteiger partial charge on any atom is 0.253 e. The standard InChI is InChI=1S/C18H8BF7/c20-9-4-5-14(22)12(6-9)19(11-2-1-3-15(23)17(11)25)13-7-10(21)8-16(24)18(13)26/h1-8H. The Morgan fingerprint density at radius 2 is 1.15 bits per heavy atom. The lowest BCUT2D eigenvalue weighted by Gasteiger charge is -2.18. The Balaban J connectivity index is 2.38. The van der Waals surface area contributed by atoms with Crippen LogP contribution in [0.2, 0.25) is 0 Å². The van der Waals surface area contributed by atoms with E-state index in [0.717, 1.165) is 24.3 Å². The molecule has 132 valence electrons. The molecule has 0 heterocycles. The lowest BCUT2D eigenvalue weighted by atomic mass is 9.36. The maximum absolute atomic E-state index is 14.3. The fourth-order valence-electron chi connectivity index (χ4n) is 2.77. The van der Waals surface area contributed by atoms with E-state index in [1.54, 1.807) is 0 Å². The van der Waals surface area contributed by atoms with E-state index in [0.29, 0.717) is 18.2 Å². The molecule has 3 aromatic rings. The molecule has 0 aliphatic rings. The molecule has 0 amide bonds. The van der Waals surface area contributed by atoms with Crippen LogP contribution in [0.1, 0.15) is 0 Å². The minimum Gasteiger partial charge on any atom is -0.208 e. The Morgan fingerprint density at radius 3 is 1.88 bits per heavy atom. The van der Waals surface area contributed by atoms with Crippen LogP contribution in [-0.2, 0) is 0 Å². The van der Waals surface area contributed by atoms with Crippen molar-refractivity contribution in [1.82, 2.24) is 0 Å². The summed E-state index contributed by atoms with van der Waals surface area (Å²) in [6.45, 7) is -1.81. The molecule has 0 fully saturated rings. The van der Waals surface area contributed by atoms with Crippen molar-refractivity contribution in [2.45, 2.75) is 0 Å². The van der Waals surface area contributed by atoms with Crippen LogP contribution in [0.4, 0.5) is 30.7 Å². The topological polar surface area (TPSA) is 0 Å². The molecule has 3 rings (SSSR count). The van der Waals surface area contributed by atoms with Crippen molar-refractivity contribution in [3.63, 3.8) is 0 Å². The summed E-state index contributed by atoms with van der Waals surface area (Å²) in [5, 5.41) is 0. The molecule has 0 aliphatic carbocycles. The molecule has 0 spiro atoms. The quantitative estimate of drug-likeness (QED) is 0.379. The molecule has 0 aromatic heterocycles. The van der Waals surface area contributed by atoms with Crippen molar-refractivity contribution in [2.75, 3.05) is 0 Å². The predicted molar refractivity (Wildman–Crippen MR) is 83.7 cm³/mol. The number of rotatable bonds is 3. The van der Waals surface area contributed by atoms with Crippen LogP contribution in [-0.4, -0.2) is 6.71 Å². The van der Waals surface area contributed by atoms with E-state index in [4.69, 9.17) is 0 Å². The van der Waals surface area contributed by atoms with Gasteiger partial charge >= 0.3 is 0 Å². The first-order chi connectivity index (χ1) is 12.3. The van der Waals surface area contributed by atoms with Gasteiger partial charge in [0, 0.05) is 6.07 Å². The third-order valence-corrected chi connectivity index (χ3v) is 3.89. The van der Waals surface area contributed by atoms with E-state index < -0.39 is 63.8 Å². The average molecular weight is 368 g/mol. The minimum atomic E-state index is -1.81. The fourth-order valence-corrected chi connectivity index (χ4v) is 2.77. The molecule has 0 aliphatic heterocycles. The molecule has 0 radical (unpaired) electrons. The zero-order valence-corrected chi connectivity index (χ0v) is 12.8. The summed E-state index contributed by atoms with van der Waals surface area (Å²) in [5.41, 5.74) is -1.99. The van der Waals surface area contributed by atoms with Gasteiger partial charge in [0.25, 0.3) is 6.71 Å². The number of hydrogen-bond acceptors (Lipinski definition) is 0. The third-order valence-electron chi connectivity index (χ3n) is 3.89. The SMILES string of the molecule is Fc1ccc(F)c(B(c2cccc(F)c2F)c2cc(F)cc(F)c2F)c1. The normalized spacial score (nSPS) is 10.9. The van der Waals surface area contributed by atoms with E-state index in [-0.39, 0.29) is 6.07 Å². The Labute approximate surface area is 144 Å². The first kappa shape index (κ1) is 18.0. The number of halogens is 7. The summed E-state index contributed by atoms with van der Waals surface area (Å²) < 4.78 is 97.3. The van der Waals surface area contributed by atoms with Crippen molar-refractivity contribution in [3.05, 3.63) is 89.3 Å². The summed E-state index contributed by atoms with van der Waals surface area (Å²) in [7, 11) is 0. The second-order valence-corrected chi connectivity index (χ2v) is 5.53. The minimum absolute atomic E-state index is 0.250. The van der Waals surface area contributed by atoms with Gasteiger partial charge in [-0.05, 0) is 46.7 Å². The number of hydrogen-bond donors (Lipinski definition) is 0. The van der Waals surface area contributed by atoms with Gasteiger partial charge in [-0.15, -0.1) is 0 Å². The Kier molecular flexibility index (Phi) is 4.76. The van der Waals surface area contributed by atoms with Gasteiger partial charge in [0.15, 0.2) is 23.3 Å². The molecular weight excluding hydrogens is 360 g/mol. The van der Waals surface area contributed by atoms with E-state index in [2.05, 4.69) is 0 Å². The summed E-state index contributed by atoms with van der Waals surface area (Å²) in [6, 6.07) is 5.69. The van der Waals surface area contributed by atoms with Crippen LogP contribution in [0.5, 0.6) is 0 Å². The summed E-state index contributed by atoms with van der Waals surface area (Å²) >= 11 is 0. The van der Waals surface area contributed by atoms with E-state index >= 15 is 0 Å². The van der Waals surface area contributed by atoms with Gasteiger partial charge in [0.2, 0.25) is 0 Å². The molecule has 0 saturated heterocycles. The molecule has 26 heavy (non-hydrogen) atoms. The molecular formula is C18H8BF7. The van der Waals surface area contributed by atoms with Gasteiger partial charge in [0.1, 0.15) is 17.5 Å². The second kappa shape index (κ2) is 6.86. The highest BCUT2D eigenvalue weighted by atomic mass is 19.2. The number of benzene rings is 3. The third kappa shape index (κ3) is 3.19. The first-order valence-corrected chi connectivity index (χ1v) is 7.33. The smallest absolute Gasteiger partial charge is 0.208 e. The summed E-state index contributed by atoms with van der Waals surface area (Å²) in [4.78, 5) is 0. The van der Waals surface area contributed by atoms with Crippen molar-refractivity contribution in [3.8, 4) is 0 Å². The van der Waals surface area contributed by atoms with Crippen LogP contribution in [0.25, 0.3) is 0 Å². The van der Waals surface area contributed by atoms with Gasteiger partial charge < -0.3 is 0 Å². The molecule has 0 atom stereocenters. The van der Waals surface area contributed by atoms with Gasteiger partial charge in [-0.25, -0.2) is 30.7 Å². The van der Waals surface area contributed by atoms with Crippen molar-refractivity contribution < 1.29 is 30.7 Å². The lowest BCUT2D eigenvalue weighted by molar-refractivity contribution is 0.500. The highest BCUT2D eigenvalue weighted by Gasteiger charge is 2.32. The van der Waals surface area contributed by atoms with Crippen LogP contribution in [0, 0.1) is 40.7 Å². The predicted octanol–water partition coefficient (Wildman–Crippen LogP) is 3.18. The van der Waals surface area contributed by atoms with Crippen molar-refractivity contribution >= 4 is 23.1 Å².